The van der Waals surface area contributed by atoms with Crippen LogP contribution in [0, 0.1) is 0 Å². The number of hydrogen-bond acceptors (Lipinski definition) is 2. The molecular weight excluding hydrogens is 635 g/mol. The highest BCUT2D eigenvalue weighted by molar-refractivity contribution is 7.26. The number of rotatable bonds is 5. The van der Waals surface area contributed by atoms with Crippen molar-refractivity contribution in [2.45, 2.75) is 19.3 Å². The summed E-state index contributed by atoms with van der Waals surface area (Å²) < 4.78 is 2.60. The van der Waals surface area contributed by atoms with Crippen LogP contribution >= 0.6 is 11.3 Å². The highest BCUT2D eigenvalue weighted by Gasteiger charge is 2.35. The number of nitrogens with zero attached hydrogens (tertiary/aromatic N) is 1. The largest absolute Gasteiger partial charge is 0.309 e. The van der Waals surface area contributed by atoms with Crippen molar-refractivity contribution >= 4 is 59.3 Å². The van der Waals surface area contributed by atoms with Crippen LogP contribution in [0.3, 0.4) is 0 Å². The summed E-state index contributed by atoms with van der Waals surface area (Å²) in [4.78, 5) is 2.44. The molecule has 242 valence electrons. The van der Waals surface area contributed by atoms with Crippen molar-refractivity contribution in [3.05, 3.63) is 187 Å². The predicted octanol–water partition coefficient (Wildman–Crippen LogP) is 14.3. The van der Waals surface area contributed by atoms with Crippen molar-refractivity contribution < 1.29 is 0 Å². The molecule has 0 amide bonds. The molecule has 0 spiro atoms. The first-order valence-corrected chi connectivity index (χ1v) is 18.5. The summed E-state index contributed by atoms with van der Waals surface area (Å²) in [6.07, 6.45) is 0. The van der Waals surface area contributed by atoms with Crippen molar-refractivity contribution in [3.63, 3.8) is 0 Å². The molecule has 1 aliphatic carbocycles. The summed E-state index contributed by atoms with van der Waals surface area (Å²) in [5, 5.41) is 5.11. The van der Waals surface area contributed by atoms with E-state index in [1.165, 1.54) is 81.1 Å². The van der Waals surface area contributed by atoms with Crippen LogP contribution in [-0.4, -0.2) is 0 Å². The molecule has 2 heteroatoms. The lowest BCUT2D eigenvalue weighted by atomic mass is 9.81. The van der Waals surface area contributed by atoms with Gasteiger partial charge in [-0.25, -0.2) is 0 Å². The third kappa shape index (κ3) is 4.82. The van der Waals surface area contributed by atoms with Gasteiger partial charge in [0.1, 0.15) is 0 Å². The van der Waals surface area contributed by atoms with Gasteiger partial charge in [-0.3, -0.25) is 0 Å². The zero-order valence-corrected chi connectivity index (χ0v) is 29.4. The van der Waals surface area contributed by atoms with Crippen molar-refractivity contribution in [2.24, 2.45) is 0 Å². The molecule has 9 aromatic rings. The molecule has 0 aliphatic heterocycles. The number of benzene rings is 8. The molecule has 0 radical (unpaired) electrons. The number of anilines is 3. The van der Waals surface area contributed by atoms with Gasteiger partial charge in [0.15, 0.2) is 0 Å². The van der Waals surface area contributed by atoms with E-state index in [1.807, 2.05) is 11.3 Å². The molecule has 1 nitrogen and oxygen atoms in total. The van der Waals surface area contributed by atoms with E-state index in [4.69, 9.17) is 0 Å². The van der Waals surface area contributed by atoms with E-state index < -0.39 is 0 Å². The van der Waals surface area contributed by atoms with Gasteiger partial charge in [-0.15, -0.1) is 11.3 Å². The van der Waals surface area contributed by atoms with Crippen LogP contribution in [0.5, 0.6) is 0 Å². The second-order valence-corrected chi connectivity index (χ2v) is 15.2. The third-order valence-electron chi connectivity index (χ3n) is 10.9. The maximum Gasteiger partial charge on any atom is 0.0640 e. The fourth-order valence-electron chi connectivity index (χ4n) is 8.22. The standard InChI is InChI=1S/C49H35NS/c1-49(2)44-18-7-5-15-40(44)41-28-25-37(31-45(41)49)33-23-26-38(27-24-33)50(46-19-10-17-43-42-16-6-8-20-47(42)51-48(43)46)39-14-9-13-35(30-39)36-22-21-32-11-3-4-12-34(32)29-36/h3-31H,1-2H3. The van der Waals surface area contributed by atoms with Crippen molar-refractivity contribution in [3.8, 4) is 33.4 Å². The van der Waals surface area contributed by atoms with Crippen LogP contribution in [-0.2, 0) is 5.41 Å². The van der Waals surface area contributed by atoms with Crippen LogP contribution in [0.4, 0.5) is 17.1 Å². The third-order valence-corrected chi connectivity index (χ3v) is 12.1. The minimum absolute atomic E-state index is 0.0301. The second kappa shape index (κ2) is 11.6. The minimum atomic E-state index is -0.0301. The molecule has 0 N–H and O–H groups in total. The fraction of sp³-hybridized carbons (Fsp3) is 0.0612. The first kappa shape index (κ1) is 29.9. The molecule has 0 atom stereocenters. The maximum absolute atomic E-state index is 2.44. The van der Waals surface area contributed by atoms with Crippen LogP contribution in [0.15, 0.2) is 176 Å². The lowest BCUT2D eigenvalue weighted by Crippen LogP contribution is -2.14. The van der Waals surface area contributed by atoms with Gasteiger partial charge in [0.2, 0.25) is 0 Å². The van der Waals surface area contributed by atoms with E-state index in [0.29, 0.717) is 0 Å². The van der Waals surface area contributed by atoms with Gasteiger partial charge in [-0.1, -0.05) is 141 Å². The van der Waals surface area contributed by atoms with E-state index in [1.54, 1.807) is 0 Å². The molecule has 1 heterocycles. The summed E-state index contributed by atoms with van der Waals surface area (Å²) in [6, 6.07) is 64.9. The molecule has 0 unspecified atom stereocenters. The van der Waals surface area contributed by atoms with E-state index >= 15 is 0 Å². The Balaban J connectivity index is 1.10. The normalized spacial score (nSPS) is 13.1. The molecule has 0 saturated carbocycles. The van der Waals surface area contributed by atoms with E-state index in [9.17, 15) is 0 Å². The molecule has 10 rings (SSSR count). The van der Waals surface area contributed by atoms with Gasteiger partial charge < -0.3 is 4.90 Å². The Labute approximate surface area is 302 Å². The Bertz CT molecular complexity index is 2780. The number of fused-ring (bicyclic) bond motifs is 7. The highest BCUT2D eigenvalue weighted by Crippen LogP contribution is 2.50. The number of hydrogen-bond donors (Lipinski definition) is 0. The summed E-state index contributed by atoms with van der Waals surface area (Å²) in [5.74, 6) is 0. The molecule has 1 aliphatic rings. The molecule has 0 saturated heterocycles. The van der Waals surface area contributed by atoms with E-state index in [2.05, 4.69) is 195 Å². The molecule has 8 aromatic carbocycles. The van der Waals surface area contributed by atoms with Crippen LogP contribution < -0.4 is 4.90 Å². The minimum Gasteiger partial charge on any atom is -0.309 e. The van der Waals surface area contributed by atoms with Gasteiger partial charge in [0, 0.05) is 32.3 Å². The fourth-order valence-corrected chi connectivity index (χ4v) is 9.42. The van der Waals surface area contributed by atoms with Gasteiger partial charge >= 0.3 is 0 Å². The summed E-state index contributed by atoms with van der Waals surface area (Å²) in [5.41, 5.74) is 13.8. The van der Waals surface area contributed by atoms with Crippen molar-refractivity contribution in [1.82, 2.24) is 0 Å². The Kier molecular flexibility index (Phi) is 6.78. The average Bonchev–Trinajstić information content (AvgIpc) is 3.68. The Morgan fingerprint density at radius 1 is 0.431 bits per heavy atom. The smallest absolute Gasteiger partial charge is 0.0640 e. The second-order valence-electron chi connectivity index (χ2n) is 14.2. The monoisotopic (exact) mass is 669 g/mol. The Hall–Kier alpha value is -5.96. The molecule has 1 aromatic heterocycles. The zero-order chi connectivity index (χ0) is 34.1. The van der Waals surface area contributed by atoms with Crippen LogP contribution in [0.2, 0.25) is 0 Å². The molecule has 0 bridgehead atoms. The topological polar surface area (TPSA) is 3.24 Å². The zero-order valence-electron chi connectivity index (χ0n) is 28.6. The first-order valence-electron chi connectivity index (χ1n) is 17.7. The lowest BCUT2D eigenvalue weighted by Gasteiger charge is -2.27. The van der Waals surface area contributed by atoms with Gasteiger partial charge in [0.25, 0.3) is 0 Å². The molecule has 51 heavy (non-hydrogen) atoms. The predicted molar refractivity (Wildman–Crippen MR) is 220 cm³/mol. The summed E-state index contributed by atoms with van der Waals surface area (Å²) in [7, 11) is 0. The first-order chi connectivity index (χ1) is 25.0. The summed E-state index contributed by atoms with van der Waals surface area (Å²) >= 11 is 1.87. The highest BCUT2D eigenvalue weighted by atomic mass is 32.1. The molecule has 0 fully saturated rings. The van der Waals surface area contributed by atoms with Crippen molar-refractivity contribution in [1.29, 1.82) is 0 Å². The lowest BCUT2D eigenvalue weighted by molar-refractivity contribution is 0.660. The number of thiophene rings is 1. The maximum atomic E-state index is 2.44. The average molecular weight is 670 g/mol. The quantitative estimate of drug-likeness (QED) is 0.176. The SMILES string of the molecule is CC1(C)c2ccccc2-c2ccc(-c3ccc(N(c4cccc(-c5ccc6ccccc6c5)c4)c4cccc5c4sc4ccccc45)cc3)cc21. The Morgan fingerprint density at radius 2 is 1.10 bits per heavy atom. The molecular formula is C49H35NS. The van der Waals surface area contributed by atoms with Gasteiger partial charge in [-0.05, 0) is 104 Å². The van der Waals surface area contributed by atoms with E-state index in [-0.39, 0.29) is 5.41 Å². The summed E-state index contributed by atoms with van der Waals surface area (Å²) in [6.45, 7) is 4.70. The van der Waals surface area contributed by atoms with Gasteiger partial charge in [-0.2, -0.15) is 0 Å². The van der Waals surface area contributed by atoms with Gasteiger partial charge in [0.05, 0.1) is 10.4 Å². The van der Waals surface area contributed by atoms with Crippen LogP contribution in [0.1, 0.15) is 25.0 Å². The van der Waals surface area contributed by atoms with E-state index in [0.717, 1.165) is 11.4 Å². The van der Waals surface area contributed by atoms with Crippen LogP contribution in [0.25, 0.3) is 64.3 Å². The Morgan fingerprint density at radius 3 is 2.00 bits per heavy atom. The van der Waals surface area contributed by atoms with Crippen molar-refractivity contribution in [2.75, 3.05) is 4.90 Å².